The summed E-state index contributed by atoms with van der Waals surface area (Å²) >= 11 is 8.93. The van der Waals surface area contributed by atoms with Gasteiger partial charge in [-0.2, -0.15) is 30.2 Å². The lowest BCUT2D eigenvalue weighted by molar-refractivity contribution is -0.114. The summed E-state index contributed by atoms with van der Waals surface area (Å²) < 4.78 is 9.46. The van der Waals surface area contributed by atoms with Gasteiger partial charge in [0.25, 0.3) is 0 Å². The molecule has 15 heteroatoms. The highest BCUT2D eigenvalue weighted by Crippen LogP contribution is 2.27. The number of nitrogens with one attached hydrogen (secondary N) is 3. The van der Waals surface area contributed by atoms with Crippen molar-refractivity contribution >= 4 is 65.5 Å². The summed E-state index contributed by atoms with van der Waals surface area (Å²) in [4.78, 5) is 36.5. The average Bonchev–Trinajstić information content (AvgIpc) is 3.48. The summed E-state index contributed by atoms with van der Waals surface area (Å²) in [5, 5.41) is 19.9. The van der Waals surface area contributed by atoms with Gasteiger partial charge in [0.1, 0.15) is 10.8 Å². The maximum atomic E-state index is 11.1. The number of aromatic nitrogens is 5. The van der Waals surface area contributed by atoms with Crippen molar-refractivity contribution in [1.82, 2.24) is 25.4 Å². The van der Waals surface area contributed by atoms with E-state index in [1.165, 1.54) is 18.4 Å². The summed E-state index contributed by atoms with van der Waals surface area (Å²) in [5.41, 5.74) is 0.930. The molecule has 0 aliphatic rings. The van der Waals surface area contributed by atoms with Crippen molar-refractivity contribution in [2.45, 2.75) is 0 Å². The zero-order valence-corrected chi connectivity index (χ0v) is 19.5. The van der Waals surface area contributed by atoms with Crippen LogP contribution in [0.2, 0.25) is 0 Å². The fourth-order valence-electron chi connectivity index (χ4n) is 1.95. The minimum atomic E-state index is -0.649. The number of ether oxygens (including phenoxy) is 2. The van der Waals surface area contributed by atoms with Gasteiger partial charge >= 0.3 is 5.97 Å². The number of benzene rings is 1. The molecule has 0 aliphatic heterocycles. The van der Waals surface area contributed by atoms with Crippen molar-refractivity contribution in [1.29, 1.82) is 0 Å². The molecule has 0 bridgehead atoms. The molecule has 0 spiro atoms. The Morgan fingerprint density at radius 1 is 1.03 bits per heavy atom. The SMILES string of the molecule is COC(=O)c1nc(NC(=O)CS)n[nH]1.COc1ccc(-c2nnc(NC(=O)CS)s2)cc1. The Balaban J connectivity index is 0.000000235. The molecule has 0 saturated carbocycles. The molecule has 1 aromatic carbocycles. The predicted octanol–water partition coefficient (Wildman–Crippen LogP) is 1.54. The van der Waals surface area contributed by atoms with Gasteiger partial charge in [-0.25, -0.2) is 4.79 Å². The largest absolute Gasteiger partial charge is 0.497 e. The van der Waals surface area contributed by atoms with Crippen LogP contribution in [0.15, 0.2) is 24.3 Å². The van der Waals surface area contributed by atoms with E-state index in [9.17, 15) is 14.4 Å². The lowest BCUT2D eigenvalue weighted by Crippen LogP contribution is -2.13. The van der Waals surface area contributed by atoms with Crippen LogP contribution < -0.4 is 15.4 Å². The molecular formula is C17H19N7O5S3. The number of carbonyl (C=O) groups is 3. The molecule has 0 saturated heterocycles. The van der Waals surface area contributed by atoms with Crippen molar-refractivity contribution in [2.24, 2.45) is 0 Å². The number of anilines is 2. The van der Waals surface area contributed by atoms with E-state index in [0.717, 1.165) is 16.3 Å². The number of thiol groups is 2. The Bertz CT molecular complexity index is 1060. The Labute approximate surface area is 197 Å². The third-order valence-corrected chi connectivity index (χ3v) is 4.87. The molecule has 0 radical (unpaired) electrons. The van der Waals surface area contributed by atoms with Crippen LogP contribution in [0.4, 0.5) is 11.1 Å². The van der Waals surface area contributed by atoms with Crippen LogP contribution in [-0.2, 0) is 14.3 Å². The first kappa shape index (κ1) is 25.1. The van der Waals surface area contributed by atoms with Gasteiger partial charge in [0, 0.05) is 5.56 Å². The number of amides is 2. The maximum Gasteiger partial charge on any atom is 0.375 e. The number of carbonyl (C=O) groups excluding carboxylic acids is 3. The summed E-state index contributed by atoms with van der Waals surface area (Å²) in [6, 6.07) is 7.48. The first-order valence-electron chi connectivity index (χ1n) is 8.70. The van der Waals surface area contributed by atoms with Crippen molar-refractivity contribution < 1.29 is 23.9 Å². The number of methoxy groups -OCH3 is 2. The molecule has 3 aromatic rings. The molecule has 2 aromatic heterocycles. The second-order valence-corrected chi connectivity index (χ2v) is 7.16. The van der Waals surface area contributed by atoms with Gasteiger partial charge in [-0.15, -0.1) is 15.3 Å². The minimum Gasteiger partial charge on any atom is -0.497 e. The Morgan fingerprint density at radius 2 is 1.69 bits per heavy atom. The van der Waals surface area contributed by atoms with Crippen LogP contribution in [-0.4, -0.2) is 68.9 Å². The standard InChI is InChI=1S/C11H11N3O2S2.C6H8N4O3S/c1-16-8-4-2-7(3-5-8)10-13-14-11(18-10)12-9(15)6-17;1-13-5(12)4-8-6(10-9-4)7-3(11)2-14/h2-5,17H,6H2,1H3,(H,12,14,15);14H,2H2,1H3,(H2,7,8,9,10,11). The van der Waals surface area contributed by atoms with Gasteiger partial charge in [0.05, 0.1) is 25.7 Å². The van der Waals surface area contributed by atoms with Crippen molar-refractivity contribution in [3.63, 3.8) is 0 Å². The summed E-state index contributed by atoms with van der Waals surface area (Å²) in [6.45, 7) is 0. The third kappa shape index (κ3) is 7.51. The highest BCUT2D eigenvalue weighted by Gasteiger charge is 2.12. The second kappa shape index (κ2) is 12.6. The van der Waals surface area contributed by atoms with Gasteiger partial charge in [-0.3, -0.25) is 25.3 Å². The summed E-state index contributed by atoms with van der Waals surface area (Å²) in [7, 11) is 2.84. The number of nitrogens with zero attached hydrogens (tertiary/aromatic N) is 4. The molecule has 0 unspecified atom stereocenters. The topological polar surface area (TPSA) is 161 Å². The quantitative estimate of drug-likeness (QED) is 0.241. The molecule has 0 aliphatic carbocycles. The van der Waals surface area contributed by atoms with E-state index in [2.05, 4.69) is 66.0 Å². The molecule has 0 fully saturated rings. The van der Waals surface area contributed by atoms with Crippen LogP contribution in [0.5, 0.6) is 5.75 Å². The monoisotopic (exact) mass is 497 g/mol. The van der Waals surface area contributed by atoms with E-state index in [4.69, 9.17) is 4.74 Å². The van der Waals surface area contributed by atoms with Crippen LogP contribution >= 0.6 is 36.6 Å². The molecular weight excluding hydrogens is 478 g/mol. The summed E-state index contributed by atoms with van der Waals surface area (Å²) in [5.74, 6) is -0.332. The van der Waals surface area contributed by atoms with Crippen LogP contribution in [0.1, 0.15) is 10.6 Å². The fraction of sp³-hybridized carbons (Fsp3) is 0.235. The molecule has 170 valence electrons. The Hall–Kier alpha value is -3.17. The van der Waals surface area contributed by atoms with Crippen LogP contribution in [0, 0.1) is 0 Å². The van der Waals surface area contributed by atoms with E-state index in [1.807, 2.05) is 24.3 Å². The second-order valence-electron chi connectivity index (χ2n) is 5.55. The number of esters is 1. The number of hydrogen-bond donors (Lipinski definition) is 5. The third-order valence-electron chi connectivity index (χ3n) is 3.41. The predicted molar refractivity (Wildman–Crippen MR) is 125 cm³/mol. The van der Waals surface area contributed by atoms with E-state index < -0.39 is 5.97 Å². The van der Waals surface area contributed by atoms with Gasteiger partial charge in [0.2, 0.25) is 28.7 Å². The van der Waals surface area contributed by atoms with E-state index in [-0.39, 0.29) is 35.1 Å². The zero-order chi connectivity index (χ0) is 23.5. The smallest absolute Gasteiger partial charge is 0.375 e. The van der Waals surface area contributed by atoms with Crippen molar-refractivity contribution in [3.8, 4) is 16.3 Å². The molecule has 12 nitrogen and oxygen atoms in total. The van der Waals surface area contributed by atoms with E-state index in [0.29, 0.717) is 5.13 Å². The number of rotatable bonds is 7. The number of H-pyrrole nitrogens is 1. The van der Waals surface area contributed by atoms with Crippen molar-refractivity contribution in [2.75, 3.05) is 36.4 Å². The first-order chi connectivity index (χ1) is 15.4. The van der Waals surface area contributed by atoms with Gasteiger partial charge < -0.3 is 9.47 Å². The first-order valence-corrected chi connectivity index (χ1v) is 10.8. The molecule has 3 rings (SSSR count). The molecule has 0 atom stereocenters. The van der Waals surface area contributed by atoms with Gasteiger partial charge in [-0.05, 0) is 24.3 Å². The molecule has 2 amide bonds. The average molecular weight is 498 g/mol. The minimum absolute atomic E-state index is 0.0160. The van der Waals surface area contributed by atoms with Gasteiger partial charge in [-0.1, -0.05) is 11.3 Å². The van der Waals surface area contributed by atoms with E-state index >= 15 is 0 Å². The summed E-state index contributed by atoms with van der Waals surface area (Å²) in [6.07, 6.45) is 0. The fourth-order valence-corrected chi connectivity index (χ4v) is 2.88. The highest BCUT2D eigenvalue weighted by atomic mass is 32.1. The Morgan fingerprint density at radius 3 is 2.28 bits per heavy atom. The van der Waals surface area contributed by atoms with E-state index in [1.54, 1.807) is 7.11 Å². The molecule has 32 heavy (non-hydrogen) atoms. The van der Waals surface area contributed by atoms with Gasteiger partial charge in [0.15, 0.2) is 0 Å². The number of hydrogen-bond acceptors (Lipinski definition) is 12. The highest BCUT2D eigenvalue weighted by molar-refractivity contribution is 7.81. The lowest BCUT2D eigenvalue weighted by Gasteiger charge is -1.99. The molecule has 2 heterocycles. The lowest BCUT2D eigenvalue weighted by atomic mass is 10.2. The maximum absolute atomic E-state index is 11.1. The molecule has 3 N–H and O–H groups in total. The Kier molecular flexibility index (Phi) is 9.90. The normalized spacial score (nSPS) is 9.88. The number of aromatic amines is 1. The van der Waals surface area contributed by atoms with Crippen LogP contribution in [0.3, 0.4) is 0 Å². The van der Waals surface area contributed by atoms with Crippen molar-refractivity contribution in [3.05, 3.63) is 30.1 Å². The zero-order valence-electron chi connectivity index (χ0n) is 16.9. The van der Waals surface area contributed by atoms with Crippen LogP contribution in [0.25, 0.3) is 10.6 Å².